The summed E-state index contributed by atoms with van der Waals surface area (Å²) in [7, 11) is 1.30. The number of methoxy groups -OCH3 is 1. The Bertz CT molecular complexity index is 522. The van der Waals surface area contributed by atoms with E-state index in [9.17, 15) is 9.59 Å². The quantitative estimate of drug-likeness (QED) is 0.617. The van der Waals surface area contributed by atoms with Crippen molar-refractivity contribution in [3.05, 3.63) is 42.0 Å². The van der Waals surface area contributed by atoms with Crippen LogP contribution in [-0.2, 0) is 20.7 Å². The summed E-state index contributed by atoms with van der Waals surface area (Å²) in [4.78, 5) is 25.2. The van der Waals surface area contributed by atoms with E-state index in [1.54, 1.807) is 4.90 Å². The fourth-order valence-corrected chi connectivity index (χ4v) is 2.26. The van der Waals surface area contributed by atoms with E-state index in [0.29, 0.717) is 6.54 Å². The molecule has 0 unspecified atom stereocenters. The number of carbonyl (C=O) groups is 2. The van der Waals surface area contributed by atoms with Crippen molar-refractivity contribution in [2.75, 3.05) is 18.6 Å². The molecule has 0 N–H and O–H groups in total. The normalized spacial score (nSPS) is 13.6. The summed E-state index contributed by atoms with van der Waals surface area (Å²) in [5, 5.41) is 0. The predicted octanol–water partition coefficient (Wildman–Crippen LogP) is 2.09. The third-order valence-corrected chi connectivity index (χ3v) is 3.24. The Morgan fingerprint density at radius 2 is 2.11 bits per heavy atom. The van der Waals surface area contributed by atoms with E-state index in [4.69, 9.17) is 0 Å². The Hall–Kier alpha value is -2.10. The van der Waals surface area contributed by atoms with Crippen molar-refractivity contribution in [1.82, 2.24) is 0 Å². The molecule has 2 rings (SSSR count). The van der Waals surface area contributed by atoms with Gasteiger partial charge in [-0.1, -0.05) is 24.8 Å². The first-order valence-electron chi connectivity index (χ1n) is 6.28. The molecule has 0 fully saturated rings. The topological polar surface area (TPSA) is 46.6 Å². The zero-order valence-electron chi connectivity index (χ0n) is 11.0. The zero-order chi connectivity index (χ0) is 13.8. The number of rotatable bonds is 3. The molecule has 1 aromatic carbocycles. The van der Waals surface area contributed by atoms with E-state index in [2.05, 4.69) is 11.3 Å². The average molecular weight is 259 g/mol. The minimum Gasteiger partial charge on any atom is -0.469 e. The van der Waals surface area contributed by atoms with Crippen molar-refractivity contribution in [3.63, 3.8) is 0 Å². The molecule has 4 heteroatoms. The molecule has 1 aromatic rings. The summed E-state index contributed by atoms with van der Waals surface area (Å²) in [6.07, 6.45) is 1.84. The van der Waals surface area contributed by atoms with Crippen molar-refractivity contribution in [2.24, 2.45) is 0 Å². The second kappa shape index (κ2) is 5.69. The van der Waals surface area contributed by atoms with Crippen LogP contribution in [0, 0.1) is 0 Å². The summed E-state index contributed by atoms with van der Waals surface area (Å²) >= 11 is 0. The first-order chi connectivity index (χ1) is 9.13. The van der Waals surface area contributed by atoms with E-state index < -0.39 is 5.97 Å². The van der Waals surface area contributed by atoms with Gasteiger partial charge in [-0.2, -0.15) is 0 Å². The molecule has 1 amide bonds. The van der Waals surface area contributed by atoms with Crippen LogP contribution in [0.4, 0.5) is 5.69 Å². The number of hydrogen-bond acceptors (Lipinski definition) is 3. The van der Waals surface area contributed by atoms with Crippen LogP contribution in [0.15, 0.2) is 36.4 Å². The van der Waals surface area contributed by atoms with Crippen molar-refractivity contribution >= 4 is 17.6 Å². The summed E-state index contributed by atoms with van der Waals surface area (Å²) in [6.45, 7) is 4.36. The molecule has 0 saturated carbocycles. The van der Waals surface area contributed by atoms with Crippen LogP contribution in [0.5, 0.6) is 0 Å². The maximum Gasteiger partial charge on any atom is 0.310 e. The second-order valence-corrected chi connectivity index (χ2v) is 4.55. The van der Waals surface area contributed by atoms with Crippen molar-refractivity contribution < 1.29 is 14.3 Å². The van der Waals surface area contributed by atoms with E-state index in [0.717, 1.165) is 24.1 Å². The zero-order valence-corrected chi connectivity index (χ0v) is 11.0. The molecule has 1 aliphatic rings. The van der Waals surface area contributed by atoms with Crippen molar-refractivity contribution in [2.45, 2.75) is 19.3 Å². The van der Waals surface area contributed by atoms with Gasteiger partial charge in [0.05, 0.1) is 13.5 Å². The van der Waals surface area contributed by atoms with E-state index in [1.165, 1.54) is 7.11 Å². The van der Waals surface area contributed by atoms with Gasteiger partial charge in [-0.25, -0.2) is 0 Å². The maximum atomic E-state index is 12.3. The lowest BCUT2D eigenvalue weighted by atomic mass is 10.0. The number of aryl methyl sites for hydroxylation is 1. The molecule has 100 valence electrons. The number of para-hydroxylation sites is 1. The largest absolute Gasteiger partial charge is 0.469 e. The van der Waals surface area contributed by atoms with E-state index in [-0.39, 0.29) is 17.9 Å². The standard InChI is InChI=1S/C15H17NO3/c1-11(10-14(17)19-2)15(18)16-9-5-7-12-6-3-4-8-13(12)16/h3-4,6,8H,1,5,7,9-10H2,2H3. The maximum absolute atomic E-state index is 12.3. The lowest BCUT2D eigenvalue weighted by molar-refractivity contribution is -0.140. The summed E-state index contributed by atoms with van der Waals surface area (Å²) < 4.78 is 4.56. The third-order valence-electron chi connectivity index (χ3n) is 3.24. The number of benzene rings is 1. The highest BCUT2D eigenvalue weighted by molar-refractivity contribution is 6.07. The van der Waals surface area contributed by atoms with Crippen LogP contribution >= 0.6 is 0 Å². The van der Waals surface area contributed by atoms with Gasteiger partial charge in [0.1, 0.15) is 0 Å². The van der Waals surface area contributed by atoms with Crippen LogP contribution in [0.2, 0.25) is 0 Å². The van der Waals surface area contributed by atoms with Crippen LogP contribution < -0.4 is 4.90 Å². The smallest absolute Gasteiger partial charge is 0.310 e. The molecule has 0 radical (unpaired) electrons. The molecular weight excluding hydrogens is 242 g/mol. The van der Waals surface area contributed by atoms with Crippen molar-refractivity contribution in [1.29, 1.82) is 0 Å². The highest BCUT2D eigenvalue weighted by Gasteiger charge is 2.24. The highest BCUT2D eigenvalue weighted by atomic mass is 16.5. The van der Waals surface area contributed by atoms with E-state index in [1.807, 2.05) is 24.3 Å². The lowest BCUT2D eigenvalue weighted by Gasteiger charge is -2.29. The van der Waals surface area contributed by atoms with Gasteiger partial charge in [-0.15, -0.1) is 0 Å². The number of nitrogens with zero attached hydrogens (tertiary/aromatic N) is 1. The predicted molar refractivity (Wildman–Crippen MR) is 72.9 cm³/mol. The van der Waals surface area contributed by atoms with Crippen LogP contribution in [-0.4, -0.2) is 25.5 Å². The summed E-state index contributed by atoms with van der Waals surface area (Å²) in [5.41, 5.74) is 2.35. The van der Waals surface area contributed by atoms with Gasteiger partial charge in [-0.3, -0.25) is 9.59 Å². The highest BCUT2D eigenvalue weighted by Crippen LogP contribution is 2.28. The summed E-state index contributed by atoms with van der Waals surface area (Å²) in [5.74, 6) is -0.638. The Morgan fingerprint density at radius 3 is 2.84 bits per heavy atom. The number of ether oxygens (including phenoxy) is 1. The lowest BCUT2D eigenvalue weighted by Crippen LogP contribution is -2.36. The molecule has 0 spiro atoms. The molecule has 19 heavy (non-hydrogen) atoms. The fourth-order valence-electron chi connectivity index (χ4n) is 2.26. The Balaban J connectivity index is 2.17. The number of carbonyl (C=O) groups excluding carboxylic acids is 2. The summed E-state index contributed by atoms with van der Waals surface area (Å²) in [6, 6.07) is 7.83. The Labute approximate surface area is 112 Å². The fraction of sp³-hybridized carbons (Fsp3) is 0.333. The Kier molecular flexibility index (Phi) is 4.00. The molecular formula is C15H17NO3. The number of esters is 1. The van der Waals surface area contributed by atoms with Crippen LogP contribution in [0.1, 0.15) is 18.4 Å². The van der Waals surface area contributed by atoms with Crippen molar-refractivity contribution in [3.8, 4) is 0 Å². The number of amides is 1. The van der Waals surface area contributed by atoms with Crippen LogP contribution in [0.3, 0.4) is 0 Å². The first-order valence-corrected chi connectivity index (χ1v) is 6.28. The van der Waals surface area contributed by atoms with Gasteiger partial charge in [0.2, 0.25) is 0 Å². The first kappa shape index (κ1) is 13.3. The van der Waals surface area contributed by atoms with Gasteiger partial charge in [0, 0.05) is 17.8 Å². The minimum absolute atomic E-state index is 0.0615. The molecule has 0 aromatic heterocycles. The Morgan fingerprint density at radius 1 is 1.37 bits per heavy atom. The molecule has 0 saturated heterocycles. The van der Waals surface area contributed by atoms with Gasteiger partial charge >= 0.3 is 5.97 Å². The molecule has 1 aliphatic heterocycles. The SMILES string of the molecule is C=C(CC(=O)OC)C(=O)N1CCCc2ccccc21. The second-order valence-electron chi connectivity index (χ2n) is 4.55. The van der Waals surface area contributed by atoms with Gasteiger partial charge in [0.25, 0.3) is 5.91 Å². The average Bonchev–Trinajstić information content (AvgIpc) is 2.45. The molecule has 0 bridgehead atoms. The molecule has 1 heterocycles. The molecule has 0 atom stereocenters. The molecule has 0 aliphatic carbocycles. The van der Waals surface area contributed by atoms with Gasteiger partial charge in [-0.05, 0) is 24.5 Å². The molecule has 4 nitrogen and oxygen atoms in total. The number of fused-ring (bicyclic) bond motifs is 1. The van der Waals surface area contributed by atoms with Crippen LogP contribution in [0.25, 0.3) is 0 Å². The number of anilines is 1. The van der Waals surface area contributed by atoms with E-state index >= 15 is 0 Å². The van der Waals surface area contributed by atoms with Gasteiger partial charge in [0.15, 0.2) is 0 Å². The third kappa shape index (κ3) is 2.84. The minimum atomic E-state index is -0.441. The van der Waals surface area contributed by atoms with Gasteiger partial charge < -0.3 is 9.64 Å². The monoisotopic (exact) mass is 259 g/mol. The number of hydrogen-bond donors (Lipinski definition) is 0.